The molecule has 1 aliphatic heterocycles. The van der Waals surface area contributed by atoms with E-state index < -0.39 is 10.0 Å². The van der Waals surface area contributed by atoms with Crippen LogP contribution in [0.5, 0.6) is 0 Å². The van der Waals surface area contributed by atoms with Crippen molar-refractivity contribution in [2.45, 2.75) is 17.7 Å². The Morgan fingerprint density at radius 1 is 1.24 bits per heavy atom. The first-order valence-corrected chi connectivity index (χ1v) is 8.87. The minimum Gasteiger partial charge on any atom is -0.316 e. The third-order valence-electron chi connectivity index (χ3n) is 3.24. The Kier molecular flexibility index (Phi) is 7.54. The van der Waals surface area contributed by atoms with Gasteiger partial charge in [0.05, 0.1) is 10.0 Å². The first-order chi connectivity index (χ1) is 9.40. The molecule has 2 N–H and O–H groups in total. The van der Waals surface area contributed by atoms with E-state index in [9.17, 15) is 8.42 Å². The van der Waals surface area contributed by atoms with Gasteiger partial charge in [-0.2, -0.15) is 0 Å². The molecule has 1 fully saturated rings. The van der Waals surface area contributed by atoms with Gasteiger partial charge >= 0.3 is 0 Å². The second-order valence-corrected chi connectivity index (χ2v) is 7.70. The van der Waals surface area contributed by atoms with Crippen LogP contribution >= 0.6 is 47.2 Å². The third-order valence-corrected chi connectivity index (χ3v) is 5.84. The molecule has 9 heteroatoms. The standard InChI is InChI=1S/C12H15Cl3N2O2S.ClH/c13-9-5-10(14)12(11(15)6-9)20(18,19)17-4-2-8-1-3-16-7-8;/h5-6,8,16-17H,1-4,7H2;1H. The summed E-state index contributed by atoms with van der Waals surface area (Å²) in [4.78, 5) is -0.116. The summed E-state index contributed by atoms with van der Waals surface area (Å²) in [6, 6.07) is 2.73. The summed E-state index contributed by atoms with van der Waals surface area (Å²) in [5.41, 5.74) is 0. The highest BCUT2D eigenvalue weighted by Gasteiger charge is 2.23. The van der Waals surface area contributed by atoms with Crippen molar-refractivity contribution in [3.63, 3.8) is 0 Å². The molecule has 1 unspecified atom stereocenters. The zero-order chi connectivity index (χ0) is 14.8. The molecular weight excluding hydrogens is 378 g/mol. The van der Waals surface area contributed by atoms with Crippen LogP contribution in [-0.4, -0.2) is 28.1 Å². The molecule has 0 radical (unpaired) electrons. The molecule has 1 aromatic rings. The highest BCUT2D eigenvalue weighted by molar-refractivity contribution is 7.89. The minimum atomic E-state index is -3.72. The van der Waals surface area contributed by atoms with Crippen molar-refractivity contribution in [2.24, 2.45) is 5.92 Å². The number of halogens is 4. The summed E-state index contributed by atoms with van der Waals surface area (Å²) in [6.45, 7) is 2.29. The first-order valence-electron chi connectivity index (χ1n) is 6.25. The lowest BCUT2D eigenvalue weighted by Gasteiger charge is -2.12. The van der Waals surface area contributed by atoms with E-state index in [2.05, 4.69) is 10.0 Å². The minimum absolute atomic E-state index is 0. The third kappa shape index (κ3) is 5.13. The SMILES string of the molecule is Cl.O=S(=O)(NCCC1CCNC1)c1c(Cl)cc(Cl)cc1Cl. The number of hydrogen-bond donors (Lipinski definition) is 2. The van der Waals surface area contributed by atoms with E-state index in [1.54, 1.807) is 0 Å². The van der Waals surface area contributed by atoms with E-state index in [1.807, 2.05) is 0 Å². The van der Waals surface area contributed by atoms with E-state index in [0.717, 1.165) is 25.9 Å². The van der Waals surface area contributed by atoms with Gasteiger partial charge < -0.3 is 5.32 Å². The Hall–Kier alpha value is 0.250. The number of hydrogen-bond acceptors (Lipinski definition) is 3. The normalized spacial score (nSPS) is 18.5. The maximum Gasteiger partial charge on any atom is 0.243 e. The monoisotopic (exact) mass is 392 g/mol. The average Bonchev–Trinajstić information content (AvgIpc) is 2.79. The molecule has 1 aliphatic rings. The molecule has 1 atom stereocenters. The van der Waals surface area contributed by atoms with Gasteiger partial charge in [0.15, 0.2) is 0 Å². The van der Waals surface area contributed by atoms with Gasteiger partial charge in [-0.25, -0.2) is 13.1 Å². The summed E-state index contributed by atoms with van der Waals surface area (Å²) < 4.78 is 27.0. The van der Waals surface area contributed by atoms with Gasteiger partial charge in [0.25, 0.3) is 0 Å². The Balaban J connectivity index is 0.00000220. The van der Waals surface area contributed by atoms with Gasteiger partial charge in [-0.15, -0.1) is 12.4 Å². The van der Waals surface area contributed by atoms with Gasteiger partial charge in [-0.1, -0.05) is 34.8 Å². The van der Waals surface area contributed by atoms with Crippen molar-refractivity contribution in [1.29, 1.82) is 0 Å². The smallest absolute Gasteiger partial charge is 0.243 e. The average molecular weight is 394 g/mol. The van der Waals surface area contributed by atoms with E-state index >= 15 is 0 Å². The zero-order valence-electron chi connectivity index (χ0n) is 11.0. The molecule has 1 aromatic carbocycles. The highest BCUT2D eigenvalue weighted by atomic mass is 35.5. The molecule has 4 nitrogen and oxygen atoms in total. The number of rotatable bonds is 5. The van der Waals surface area contributed by atoms with E-state index in [-0.39, 0.29) is 27.3 Å². The van der Waals surface area contributed by atoms with Crippen molar-refractivity contribution in [3.8, 4) is 0 Å². The summed E-state index contributed by atoms with van der Waals surface area (Å²) in [5, 5.41) is 3.59. The van der Waals surface area contributed by atoms with Crippen LogP contribution in [0.1, 0.15) is 12.8 Å². The first kappa shape index (κ1) is 19.3. The lowest BCUT2D eigenvalue weighted by atomic mass is 10.1. The molecule has 1 saturated heterocycles. The van der Waals surface area contributed by atoms with Crippen LogP contribution in [0, 0.1) is 5.92 Å². The summed E-state index contributed by atoms with van der Waals surface area (Å²) in [7, 11) is -3.72. The van der Waals surface area contributed by atoms with Crippen LogP contribution in [0.4, 0.5) is 0 Å². The van der Waals surface area contributed by atoms with Crippen LogP contribution in [0.2, 0.25) is 15.1 Å². The molecule has 0 aliphatic carbocycles. The summed E-state index contributed by atoms with van der Waals surface area (Å²) in [6.07, 6.45) is 1.86. The molecule has 21 heavy (non-hydrogen) atoms. The van der Waals surface area contributed by atoms with Crippen molar-refractivity contribution >= 4 is 57.2 Å². The van der Waals surface area contributed by atoms with Gasteiger partial charge in [0.1, 0.15) is 4.90 Å². The molecule has 1 heterocycles. The fourth-order valence-electron chi connectivity index (χ4n) is 2.22. The summed E-state index contributed by atoms with van der Waals surface area (Å²) in [5.74, 6) is 0.508. The predicted molar refractivity (Wildman–Crippen MR) is 89.5 cm³/mol. The Morgan fingerprint density at radius 3 is 2.38 bits per heavy atom. The maximum absolute atomic E-state index is 12.2. The van der Waals surface area contributed by atoms with Crippen LogP contribution < -0.4 is 10.0 Å². The van der Waals surface area contributed by atoms with Crippen molar-refractivity contribution < 1.29 is 8.42 Å². The molecule has 0 spiro atoms. The van der Waals surface area contributed by atoms with Gasteiger partial charge in [0, 0.05) is 11.6 Å². The largest absolute Gasteiger partial charge is 0.316 e. The maximum atomic E-state index is 12.2. The predicted octanol–water partition coefficient (Wildman–Crippen LogP) is 3.35. The molecule has 0 saturated carbocycles. The second kappa shape index (κ2) is 8.20. The van der Waals surface area contributed by atoms with E-state index in [4.69, 9.17) is 34.8 Å². The van der Waals surface area contributed by atoms with Crippen molar-refractivity contribution in [1.82, 2.24) is 10.0 Å². The van der Waals surface area contributed by atoms with Crippen LogP contribution in [-0.2, 0) is 10.0 Å². The molecule has 2 rings (SSSR count). The fourth-order valence-corrected chi connectivity index (χ4v) is 4.80. The van der Waals surface area contributed by atoms with Crippen LogP contribution in [0.3, 0.4) is 0 Å². The zero-order valence-corrected chi connectivity index (χ0v) is 14.9. The Morgan fingerprint density at radius 2 is 1.86 bits per heavy atom. The molecule has 120 valence electrons. The molecule has 0 amide bonds. The van der Waals surface area contributed by atoms with Crippen molar-refractivity contribution in [2.75, 3.05) is 19.6 Å². The number of nitrogens with one attached hydrogen (secondary N) is 2. The second-order valence-electron chi connectivity index (χ2n) is 4.74. The molecule has 0 aromatic heterocycles. The molecule has 0 bridgehead atoms. The Labute approximate surface area is 146 Å². The summed E-state index contributed by atoms with van der Waals surface area (Å²) >= 11 is 17.6. The lowest BCUT2D eigenvalue weighted by Crippen LogP contribution is -2.27. The van der Waals surface area contributed by atoms with E-state index in [0.29, 0.717) is 17.5 Å². The van der Waals surface area contributed by atoms with E-state index in [1.165, 1.54) is 12.1 Å². The van der Waals surface area contributed by atoms with Crippen LogP contribution in [0.25, 0.3) is 0 Å². The van der Waals surface area contributed by atoms with Gasteiger partial charge in [-0.3, -0.25) is 0 Å². The number of benzene rings is 1. The fraction of sp³-hybridized carbons (Fsp3) is 0.500. The quantitative estimate of drug-likeness (QED) is 0.806. The lowest BCUT2D eigenvalue weighted by molar-refractivity contribution is 0.519. The highest BCUT2D eigenvalue weighted by Crippen LogP contribution is 2.32. The van der Waals surface area contributed by atoms with Gasteiger partial charge in [-0.05, 0) is 44.0 Å². The number of sulfonamides is 1. The molecular formula is C12H16Cl4N2O2S. The topological polar surface area (TPSA) is 58.2 Å². The van der Waals surface area contributed by atoms with Crippen LogP contribution in [0.15, 0.2) is 17.0 Å². The van der Waals surface area contributed by atoms with Gasteiger partial charge in [0.2, 0.25) is 10.0 Å². The Bertz CT molecular complexity index is 566. The van der Waals surface area contributed by atoms with Crippen molar-refractivity contribution in [3.05, 3.63) is 27.2 Å².